The van der Waals surface area contributed by atoms with E-state index in [9.17, 15) is 14.7 Å². The Morgan fingerprint density at radius 3 is 2.43 bits per heavy atom. The first-order valence-corrected chi connectivity index (χ1v) is 9.18. The summed E-state index contributed by atoms with van der Waals surface area (Å²) in [4.78, 5) is 29.4. The Bertz CT molecular complexity index is 828. The fourth-order valence-electron chi connectivity index (χ4n) is 2.92. The second-order valence-corrected chi connectivity index (χ2v) is 7.44. The quantitative estimate of drug-likeness (QED) is 0.761. The maximum absolute atomic E-state index is 12.5. The summed E-state index contributed by atoms with van der Waals surface area (Å²) in [5.74, 6) is 0.725. The minimum Gasteiger partial charge on any atom is -0.465 e. The Hall–Kier alpha value is -3.09. The normalized spacial score (nSPS) is 12.2. The van der Waals surface area contributed by atoms with Crippen LogP contribution in [-0.4, -0.2) is 38.6 Å². The van der Waals surface area contributed by atoms with Crippen LogP contribution in [0.1, 0.15) is 40.2 Å². The van der Waals surface area contributed by atoms with Crippen molar-refractivity contribution in [2.75, 3.05) is 5.32 Å². The molecule has 0 spiro atoms. The molecule has 2 aromatic rings. The zero-order chi connectivity index (χ0) is 20.9. The highest BCUT2D eigenvalue weighted by Crippen LogP contribution is 2.25. The molecule has 150 valence electrons. The van der Waals surface area contributed by atoms with Gasteiger partial charge in [0.1, 0.15) is 11.8 Å². The zero-order valence-electron chi connectivity index (χ0n) is 16.9. The predicted molar refractivity (Wildman–Crippen MR) is 108 cm³/mol. The molecule has 2 amide bonds. The molecule has 2 N–H and O–H groups in total. The molecule has 0 bridgehead atoms. The van der Waals surface area contributed by atoms with Crippen LogP contribution in [0.5, 0.6) is 11.6 Å². The van der Waals surface area contributed by atoms with E-state index in [1.807, 2.05) is 31.2 Å². The molecule has 1 unspecified atom stereocenters. The summed E-state index contributed by atoms with van der Waals surface area (Å²) in [7, 11) is 0. The zero-order valence-corrected chi connectivity index (χ0v) is 16.9. The Morgan fingerprint density at radius 2 is 1.89 bits per heavy atom. The number of carbonyl (C=O) groups is 2. The number of para-hydroxylation sites is 1. The fourth-order valence-corrected chi connectivity index (χ4v) is 2.92. The molecule has 0 aliphatic rings. The van der Waals surface area contributed by atoms with Gasteiger partial charge in [0, 0.05) is 11.6 Å². The third kappa shape index (κ3) is 5.22. The van der Waals surface area contributed by atoms with Gasteiger partial charge in [-0.1, -0.05) is 25.1 Å². The molecule has 0 radical (unpaired) electrons. The summed E-state index contributed by atoms with van der Waals surface area (Å²) in [5, 5.41) is 12.1. The van der Waals surface area contributed by atoms with E-state index in [2.05, 4.69) is 10.3 Å². The molecule has 1 atom stereocenters. The number of nitrogens with one attached hydrogen (secondary N) is 1. The second kappa shape index (κ2) is 8.73. The van der Waals surface area contributed by atoms with Gasteiger partial charge in [-0.2, -0.15) is 0 Å². The van der Waals surface area contributed by atoms with Crippen LogP contribution in [0.4, 0.5) is 10.5 Å². The molecule has 0 aliphatic heterocycles. The average Bonchev–Trinajstić information content (AvgIpc) is 2.62. The standard InChI is InChI=1S/C21H27N3O4/c1-6-15-9-7-8-10-17(15)28-18-12-11-16(13-22-18)23-19(25)14(2)24(20(26)27)21(3,4)5/h7-14H,6H2,1-5H3,(H,23,25)(H,26,27). The van der Waals surface area contributed by atoms with Crippen LogP contribution in [0.2, 0.25) is 0 Å². The maximum atomic E-state index is 12.5. The van der Waals surface area contributed by atoms with E-state index in [4.69, 9.17) is 4.74 Å². The van der Waals surface area contributed by atoms with Crippen LogP contribution in [0.15, 0.2) is 42.6 Å². The molecule has 2 rings (SSSR count). The van der Waals surface area contributed by atoms with Gasteiger partial charge < -0.3 is 15.2 Å². The molecule has 0 saturated heterocycles. The molecule has 7 heteroatoms. The first-order valence-electron chi connectivity index (χ1n) is 9.18. The minimum absolute atomic E-state index is 0.411. The molecule has 7 nitrogen and oxygen atoms in total. The van der Waals surface area contributed by atoms with E-state index < -0.39 is 23.6 Å². The topological polar surface area (TPSA) is 91.8 Å². The van der Waals surface area contributed by atoms with Gasteiger partial charge in [0.15, 0.2) is 0 Å². The van der Waals surface area contributed by atoms with Gasteiger partial charge in [-0.3, -0.25) is 9.69 Å². The maximum Gasteiger partial charge on any atom is 0.408 e. The summed E-state index contributed by atoms with van der Waals surface area (Å²) < 4.78 is 5.81. The lowest BCUT2D eigenvalue weighted by molar-refractivity contribution is -0.121. The average molecular weight is 385 g/mol. The fraction of sp³-hybridized carbons (Fsp3) is 0.381. The smallest absolute Gasteiger partial charge is 0.408 e. The van der Waals surface area contributed by atoms with Crippen LogP contribution >= 0.6 is 0 Å². The summed E-state index contributed by atoms with van der Waals surface area (Å²) in [6, 6.07) is 10.2. The number of carbonyl (C=O) groups excluding carboxylic acids is 1. The monoisotopic (exact) mass is 385 g/mol. The van der Waals surface area contributed by atoms with Gasteiger partial charge in [0.2, 0.25) is 11.8 Å². The third-order valence-electron chi connectivity index (χ3n) is 4.27. The highest BCUT2D eigenvalue weighted by atomic mass is 16.5. The van der Waals surface area contributed by atoms with Crippen molar-refractivity contribution in [2.45, 2.75) is 52.6 Å². The molecule has 0 aliphatic carbocycles. The number of ether oxygens (including phenoxy) is 1. The van der Waals surface area contributed by atoms with Crippen molar-refractivity contribution in [3.8, 4) is 11.6 Å². The number of hydrogen-bond acceptors (Lipinski definition) is 4. The number of anilines is 1. The Kier molecular flexibility index (Phi) is 6.62. The number of aryl methyl sites for hydroxylation is 1. The highest BCUT2D eigenvalue weighted by molar-refractivity contribution is 5.96. The second-order valence-electron chi connectivity index (χ2n) is 7.44. The molecule has 0 fully saturated rings. The molecule has 28 heavy (non-hydrogen) atoms. The van der Waals surface area contributed by atoms with Crippen molar-refractivity contribution in [1.82, 2.24) is 9.88 Å². The molecule has 1 heterocycles. The van der Waals surface area contributed by atoms with Crippen molar-refractivity contribution < 1.29 is 19.4 Å². The van der Waals surface area contributed by atoms with Gasteiger partial charge in [-0.25, -0.2) is 9.78 Å². The molecule has 1 aromatic carbocycles. The summed E-state index contributed by atoms with van der Waals surface area (Å²) >= 11 is 0. The molecule has 1 aromatic heterocycles. The Morgan fingerprint density at radius 1 is 1.21 bits per heavy atom. The van der Waals surface area contributed by atoms with E-state index >= 15 is 0 Å². The van der Waals surface area contributed by atoms with E-state index in [0.29, 0.717) is 11.6 Å². The van der Waals surface area contributed by atoms with Crippen LogP contribution in [0.3, 0.4) is 0 Å². The van der Waals surface area contributed by atoms with Crippen LogP contribution in [-0.2, 0) is 11.2 Å². The van der Waals surface area contributed by atoms with E-state index in [1.165, 1.54) is 6.20 Å². The molecular formula is C21H27N3O4. The van der Waals surface area contributed by atoms with Crippen LogP contribution in [0, 0.1) is 0 Å². The number of pyridine rings is 1. The SMILES string of the molecule is CCc1ccccc1Oc1ccc(NC(=O)C(C)N(C(=O)O)C(C)(C)C)cn1. The largest absolute Gasteiger partial charge is 0.465 e. The number of benzene rings is 1. The van der Waals surface area contributed by atoms with Gasteiger partial charge in [-0.05, 0) is 51.8 Å². The first-order chi connectivity index (χ1) is 13.1. The third-order valence-corrected chi connectivity index (χ3v) is 4.27. The van der Waals surface area contributed by atoms with Crippen molar-refractivity contribution in [2.24, 2.45) is 0 Å². The summed E-state index contributed by atoms with van der Waals surface area (Å²) in [5.41, 5.74) is 0.837. The number of nitrogens with zero attached hydrogens (tertiary/aromatic N) is 2. The molecule has 0 saturated carbocycles. The van der Waals surface area contributed by atoms with Crippen molar-refractivity contribution in [3.05, 3.63) is 48.2 Å². The van der Waals surface area contributed by atoms with Gasteiger partial charge in [0.05, 0.1) is 11.9 Å². The van der Waals surface area contributed by atoms with Gasteiger partial charge >= 0.3 is 6.09 Å². The van der Waals surface area contributed by atoms with Crippen molar-refractivity contribution in [1.29, 1.82) is 0 Å². The van der Waals surface area contributed by atoms with Gasteiger partial charge in [0.25, 0.3) is 0 Å². The lowest BCUT2D eigenvalue weighted by Gasteiger charge is -2.37. The van der Waals surface area contributed by atoms with E-state index in [1.54, 1.807) is 39.8 Å². The van der Waals surface area contributed by atoms with Crippen molar-refractivity contribution >= 4 is 17.7 Å². The van der Waals surface area contributed by atoms with Crippen molar-refractivity contribution in [3.63, 3.8) is 0 Å². The Balaban J connectivity index is 2.07. The Labute approximate surface area is 165 Å². The lowest BCUT2D eigenvalue weighted by Crippen LogP contribution is -2.54. The summed E-state index contributed by atoms with van der Waals surface area (Å²) in [6.45, 7) is 8.83. The minimum atomic E-state index is -1.15. The number of carboxylic acid groups (broad SMARTS) is 1. The highest BCUT2D eigenvalue weighted by Gasteiger charge is 2.34. The van der Waals surface area contributed by atoms with E-state index in [0.717, 1.165) is 22.6 Å². The van der Waals surface area contributed by atoms with Gasteiger partial charge in [-0.15, -0.1) is 0 Å². The number of rotatable bonds is 6. The van der Waals surface area contributed by atoms with Crippen LogP contribution < -0.4 is 10.1 Å². The molecular weight excluding hydrogens is 358 g/mol. The van der Waals surface area contributed by atoms with Crippen LogP contribution in [0.25, 0.3) is 0 Å². The number of aromatic nitrogens is 1. The summed E-state index contributed by atoms with van der Waals surface area (Å²) in [6.07, 6.45) is 1.18. The van der Waals surface area contributed by atoms with E-state index in [-0.39, 0.29) is 0 Å². The number of hydrogen-bond donors (Lipinski definition) is 2. The first kappa shape index (κ1) is 21.2. The predicted octanol–water partition coefficient (Wildman–Crippen LogP) is 4.54. The lowest BCUT2D eigenvalue weighted by atomic mass is 10.0. The number of amides is 2.